The highest BCUT2D eigenvalue weighted by Crippen LogP contribution is 2.24. The number of fused-ring (bicyclic) bond motifs is 1. The molecule has 2 N–H and O–H groups in total. The minimum atomic E-state index is -3.64. The number of benzene rings is 2. The summed E-state index contributed by atoms with van der Waals surface area (Å²) < 4.78 is 28.0. The van der Waals surface area contributed by atoms with Gasteiger partial charge >= 0.3 is 0 Å². The van der Waals surface area contributed by atoms with Crippen LogP contribution in [0.4, 0.5) is 0 Å². The average molecular weight is 464 g/mol. The van der Waals surface area contributed by atoms with Gasteiger partial charge in [0.25, 0.3) is 10.0 Å². The van der Waals surface area contributed by atoms with Gasteiger partial charge in [-0.05, 0) is 42.7 Å². The first-order chi connectivity index (χ1) is 13.2. The summed E-state index contributed by atoms with van der Waals surface area (Å²) in [4.78, 5) is 17.6. The summed E-state index contributed by atoms with van der Waals surface area (Å²) in [5.74, 6) is -0.155. The fourth-order valence-corrected chi connectivity index (χ4v) is 4.69. The second kappa shape index (κ2) is 8.05. The number of halogens is 1. The molecule has 1 heterocycles. The van der Waals surface area contributed by atoms with Crippen LogP contribution in [0.2, 0.25) is 0 Å². The summed E-state index contributed by atoms with van der Waals surface area (Å²) >= 11 is 3.43. The number of amidine groups is 1. The molecular weight excluding hydrogens is 442 g/mol. The van der Waals surface area contributed by atoms with Crippen molar-refractivity contribution in [1.82, 2.24) is 10.0 Å². The van der Waals surface area contributed by atoms with Gasteiger partial charge in [-0.2, -0.15) is 0 Å². The average Bonchev–Trinajstić information content (AvgIpc) is 2.90. The molecular formula is C20H22BrN3O3S. The first kappa shape index (κ1) is 20.5. The molecule has 148 valence electrons. The van der Waals surface area contributed by atoms with E-state index in [1.54, 1.807) is 18.2 Å². The highest BCUT2D eigenvalue weighted by Gasteiger charge is 2.32. The number of carbonyl (C=O) groups excluding carboxylic acids is 1. The first-order valence-corrected chi connectivity index (χ1v) is 11.2. The molecule has 1 aliphatic heterocycles. The molecule has 3 rings (SSSR count). The molecule has 0 saturated heterocycles. The fourth-order valence-electron chi connectivity index (χ4n) is 3.04. The largest absolute Gasteiger partial charge is 0.348 e. The number of carbonyl (C=O) groups is 1. The molecule has 0 fully saturated rings. The summed E-state index contributed by atoms with van der Waals surface area (Å²) in [5, 5.41) is 2.98. The minimum Gasteiger partial charge on any atom is -0.348 e. The molecule has 0 saturated carbocycles. The molecule has 0 aliphatic carbocycles. The summed E-state index contributed by atoms with van der Waals surface area (Å²) in [7, 11) is -3.64. The lowest BCUT2D eigenvalue weighted by Gasteiger charge is -2.21. The maximum Gasteiger partial charge on any atom is 0.263 e. The summed E-state index contributed by atoms with van der Waals surface area (Å²) in [6, 6.07) is 13.4. The third-order valence-corrected chi connectivity index (χ3v) is 6.43. The van der Waals surface area contributed by atoms with Crippen molar-refractivity contribution in [2.24, 2.45) is 10.9 Å². The lowest BCUT2D eigenvalue weighted by molar-refractivity contribution is -0.123. The maximum absolute atomic E-state index is 12.9. The Bertz CT molecular complexity index is 1030. The van der Waals surface area contributed by atoms with E-state index in [-0.39, 0.29) is 28.6 Å². The van der Waals surface area contributed by atoms with E-state index < -0.39 is 16.1 Å². The summed E-state index contributed by atoms with van der Waals surface area (Å²) in [6.07, 6.45) is 0. The molecule has 2 aromatic rings. The van der Waals surface area contributed by atoms with Gasteiger partial charge in [-0.3, -0.25) is 14.5 Å². The van der Waals surface area contributed by atoms with Crippen molar-refractivity contribution < 1.29 is 13.2 Å². The van der Waals surface area contributed by atoms with E-state index in [0.717, 1.165) is 10.0 Å². The Morgan fingerprint density at radius 1 is 1.11 bits per heavy atom. The molecule has 1 unspecified atom stereocenters. The predicted octanol–water partition coefficient (Wildman–Crippen LogP) is 3.39. The highest BCUT2D eigenvalue weighted by molar-refractivity contribution is 9.10. The van der Waals surface area contributed by atoms with Gasteiger partial charge in [0, 0.05) is 10.0 Å². The first-order valence-electron chi connectivity index (χ1n) is 8.95. The van der Waals surface area contributed by atoms with Gasteiger partial charge in [-0.1, -0.05) is 54.0 Å². The van der Waals surface area contributed by atoms with Gasteiger partial charge in [-0.15, -0.1) is 0 Å². The Morgan fingerprint density at radius 2 is 1.82 bits per heavy atom. The Kier molecular flexibility index (Phi) is 5.90. The zero-order chi connectivity index (χ0) is 20.5. The van der Waals surface area contributed by atoms with Gasteiger partial charge in [0.1, 0.15) is 11.9 Å². The lowest BCUT2D eigenvalue weighted by atomic mass is 10.0. The molecule has 1 amide bonds. The molecule has 8 heteroatoms. The molecule has 0 bridgehead atoms. The zero-order valence-corrected chi connectivity index (χ0v) is 18.2. The standard InChI is InChI=1S/C20H22BrN3O3S/c1-12(2)18(20(25)22-13(3)14-7-6-8-15(21)11-14)23-19-16-9-4-5-10-17(16)28(26,27)24-19/h4-13,18H,1-3H3,(H,22,25)(H,23,24)/t13?,18-/m0/s1. The molecule has 0 spiro atoms. The second-order valence-electron chi connectivity index (χ2n) is 7.05. The van der Waals surface area contributed by atoms with Crippen LogP contribution in [0.3, 0.4) is 0 Å². The summed E-state index contributed by atoms with van der Waals surface area (Å²) in [6.45, 7) is 5.67. The quantitative estimate of drug-likeness (QED) is 0.711. The highest BCUT2D eigenvalue weighted by atomic mass is 79.9. The van der Waals surface area contributed by atoms with Crippen molar-refractivity contribution in [1.29, 1.82) is 0 Å². The Morgan fingerprint density at radius 3 is 2.50 bits per heavy atom. The molecule has 2 aromatic carbocycles. The number of nitrogens with zero attached hydrogens (tertiary/aromatic N) is 1. The van der Waals surface area contributed by atoms with Gasteiger partial charge in [0.2, 0.25) is 5.91 Å². The minimum absolute atomic E-state index is 0.112. The number of hydrogen-bond acceptors (Lipinski definition) is 4. The molecule has 1 aliphatic rings. The molecule has 28 heavy (non-hydrogen) atoms. The lowest BCUT2D eigenvalue weighted by Crippen LogP contribution is -2.39. The van der Waals surface area contributed by atoms with Crippen molar-refractivity contribution >= 4 is 37.7 Å². The van der Waals surface area contributed by atoms with E-state index in [0.29, 0.717) is 5.56 Å². The Balaban J connectivity index is 1.86. The number of rotatable bonds is 5. The van der Waals surface area contributed by atoms with E-state index in [9.17, 15) is 13.2 Å². The van der Waals surface area contributed by atoms with Crippen LogP contribution in [0.5, 0.6) is 0 Å². The normalized spacial score (nSPS) is 18.4. The van der Waals surface area contributed by atoms with Crippen LogP contribution in [0.1, 0.15) is 37.9 Å². The topological polar surface area (TPSA) is 87.6 Å². The summed E-state index contributed by atoms with van der Waals surface area (Å²) in [5.41, 5.74) is 1.45. The monoisotopic (exact) mass is 463 g/mol. The fraction of sp³-hybridized carbons (Fsp3) is 0.300. The third-order valence-electron chi connectivity index (χ3n) is 4.54. The van der Waals surface area contributed by atoms with Crippen LogP contribution in [-0.4, -0.2) is 26.2 Å². The van der Waals surface area contributed by atoms with E-state index in [4.69, 9.17) is 0 Å². The molecule has 2 atom stereocenters. The molecule has 0 aromatic heterocycles. The van der Waals surface area contributed by atoms with Crippen molar-refractivity contribution in [3.63, 3.8) is 0 Å². The van der Waals surface area contributed by atoms with E-state index in [1.807, 2.05) is 45.0 Å². The number of aliphatic imine (C=N–C) groups is 1. The smallest absolute Gasteiger partial charge is 0.263 e. The van der Waals surface area contributed by atoms with E-state index >= 15 is 0 Å². The van der Waals surface area contributed by atoms with Crippen molar-refractivity contribution in [3.05, 3.63) is 64.1 Å². The third kappa shape index (κ3) is 4.28. The van der Waals surface area contributed by atoms with Crippen LogP contribution in [0.25, 0.3) is 0 Å². The van der Waals surface area contributed by atoms with Gasteiger partial charge < -0.3 is 5.32 Å². The molecule has 6 nitrogen and oxygen atoms in total. The Labute approximate surface area is 173 Å². The van der Waals surface area contributed by atoms with Crippen LogP contribution in [0, 0.1) is 5.92 Å². The SMILES string of the molecule is CC(NC(=O)[C@@H](N=C1NS(=O)(=O)c2ccccc21)C(C)C)c1cccc(Br)c1. The van der Waals surface area contributed by atoms with Gasteiger partial charge in [0.15, 0.2) is 0 Å². The second-order valence-corrected chi connectivity index (χ2v) is 9.62. The van der Waals surface area contributed by atoms with E-state index in [1.165, 1.54) is 6.07 Å². The van der Waals surface area contributed by atoms with Crippen molar-refractivity contribution in [3.8, 4) is 0 Å². The molecule has 0 radical (unpaired) electrons. The van der Waals surface area contributed by atoms with E-state index in [2.05, 4.69) is 31.0 Å². The van der Waals surface area contributed by atoms with Crippen LogP contribution in [0.15, 0.2) is 62.9 Å². The number of hydrogen-bond donors (Lipinski definition) is 2. The maximum atomic E-state index is 12.9. The number of amides is 1. The zero-order valence-electron chi connectivity index (χ0n) is 15.8. The van der Waals surface area contributed by atoms with Crippen LogP contribution < -0.4 is 10.0 Å². The number of sulfonamides is 1. The van der Waals surface area contributed by atoms with Crippen molar-refractivity contribution in [2.75, 3.05) is 0 Å². The Hall–Kier alpha value is -2.19. The number of nitrogens with one attached hydrogen (secondary N) is 2. The predicted molar refractivity (Wildman–Crippen MR) is 113 cm³/mol. The van der Waals surface area contributed by atoms with Crippen molar-refractivity contribution in [2.45, 2.75) is 37.8 Å². The van der Waals surface area contributed by atoms with Gasteiger partial charge in [-0.25, -0.2) is 8.42 Å². The van der Waals surface area contributed by atoms with Crippen LogP contribution >= 0.6 is 15.9 Å². The van der Waals surface area contributed by atoms with Crippen LogP contribution in [-0.2, 0) is 14.8 Å². The van der Waals surface area contributed by atoms with Gasteiger partial charge in [0.05, 0.1) is 10.9 Å².